The van der Waals surface area contributed by atoms with Crippen molar-refractivity contribution in [3.8, 4) is 0 Å². The highest BCUT2D eigenvalue weighted by Crippen LogP contribution is 2.23. The van der Waals surface area contributed by atoms with Crippen molar-refractivity contribution < 1.29 is 13.9 Å². The van der Waals surface area contributed by atoms with E-state index in [1.165, 1.54) is 12.1 Å². The lowest BCUT2D eigenvalue weighted by Crippen LogP contribution is -2.36. The third kappa shape index (κ3) is 3.96. The SMILES string of the molecule is O=C(CC1CCCN1)Nc1cc(F)cc(N2CCOCC2)c1. The first-order valence-electron chi connectivity index (χ1n) is 7.87. The van der Waals surface area contributed by atoms with Crippen molar-refractivity contribution in [2.45, 2.75) is 25.3 Å². The summed E-state index contributed by atoms with van der Waals surface area (Å²) in [5, 5.41) is 6.10. The molecule has 0 bridgehead atoms. The van der Waals surface area contributed by atoms with E-state index in [1.807, 2.05) is 6.07 Å². The molecule has 22 heavy (non-hydrogen) atoms. The second kappa shape index (κ2) is 7.07. The Hall–Kier alpha value is -1.66. The Labute approximate surface area is 129 Å². The van der Waals surface area contributed by atoms with Gasteiger partial charge in [-0.25, -0.2) is 4.39 Å². The van der Waals surface area contributed by atoms with Crippen LogP contribution in [0.3, 0.4) is 0 Å². The summed E-state index contributed by atoms with van der Waals surface area (Å²) in [4.78, 5) is 14.1. The molecule has 2 saturated heterocycles. The molecule has 1 aromatic rings. The highest BCUT2D eigenvalue weighted by molar-refractivity contribution is 5.91. The van der Waals surface area contributed by atoms with Crippen molar-refractivity contribution in [2.24, 2.45) is 0 Å². The number of anilines is 2. The predicted octanol–water partition coefficient (Wildman–Crippen LogP) is 1.74. The van der Waals surface area contributed by atoms with Gasteiger partial charge in [0.15, 0.2) is 0 Å². The molecule has 1 amide bonds. The summed E-state index contributed by atoms with van der Waals surface area (Å²) in [6, 6.07) is 4.94. The van der Waals surface area contributed by atoms with Gasteiger partial charge in [0.2, 0.25) is 5.91 Å². The normalized spacial score (nSPS) is 21.9. The lowest BCUT2D eigenvalue weighted by Gasteiger charge is -2.29. The monoisotopic (exact) mass is 307 g/mol. The summed E-state index contributed by atoms with van der Waals surface area (Å²) in [5.41, 5.74) is 1.31. The summed E-state index contributed by atoms with van der Waals surface area (Å²) >= 11 is 0. The minimum Gasteiger partial charge on any atom is -0.378 e. The molecule has 2 aliphatic rings. The zero-order valence-corrected chi connectivity index (χ0v) is 12.6. The quantitative estimate of drug-likeness (QED) is 0.890. The number of hydrogen-bond donors (Lipinski definition) is 2. The Bertz CT molecular complexity index is 526. The van der Waals surface area contributed by atoms with Gasteiger partial charge in [-0.2, -0.15) is 0 Å². The maximum absolute atomic E-state index is 13.8. The molecule has 2 aliphatic heterocycles. The van der Waals surface area contributed by atoms with E-state index in [0.29, 0.717) is 25.3 Å². The van der Waals surface area contributed by atoms with Crippen molar-refractivity contribution in [1.82, 2.24) is 5.32 Å². The Morgan fingerprint density at radius 1 is 1.36 bits per heavy atom. The van der Waals surface area contributed by atoms with Crippen LogP contribution in [0.1, 0.15) is 19.3 Å². The number of benzene rings is 1. The lowest BCUT2D eigenvalue weighted by molar-refractivity contribution is -0.116. The average Bonchev–Trinajstić information content (AvgIpc) is 3.00. The third-order valence-electron chi connectivity index (χ3n) is 4.14. The smallest absolute Gasteiger partial charge is 0.225 e. The van der Waals surface area contributed by atoms with Crippen LogP contribution in [0.2, 0.25) is 0 Å². The minimum atomic E-state index is -0.335. The second-order valence-electron chi connectivity index (χ2n) is 5.84. The molecule has 2 fully saturated rings. The van der Waals surface area contributed by atoms with Crippen LogP contribution in [0.25, 0.3) is 0 Å². The number of carbonyl (C=O) groups excluding carboxylic acids is 1. The van der Waals surface area contributed by atoms with E-state index in [4.69, 9.17) is 4.74 Å². The Morgan fingerprint density at radius 2 is 2.18 bits per heavy atom. The molecule has 0 spiro atoms. The fourth-order valence-electron chi connectivity index (χ4n) is 3.02. The average molecular weight is 307 g/mol. The third-order valence-corrected chi connectivity index (χ3v) is 4.14. The van der Waals surface area contributed by atoms with E-state index in [0.717, 1.165) is 38.2 Å². The molecule has 1 unspecified atom stereocenters. The first kappa shape index (κ1) is 15.2. The van der Waals surface area contributed by atoms with Crippen LogP contribution < -0.4 is 15.5 Å². The highest BCUT2D eigenvalue weighted by atomic mass is 19.1. The standard InChI is InChI=1S/C16H22FN3O2/c17-12-8-14(19-16(21)11-13-2-1-3-18-13)10-15(9-12)20-4-6-22-7-5-20/h8-10,13,18H,1-7,11H2,(H,19,21). The van der Waals surface area contributed by atoms with Gasteiger partial charge in [-0.3, -0.25) is 4.79 Å². The fourth-order valence-corrected chi connectivity index (χ4v) is 3.02. The summed E-state index contributed by atoms with van der Waals surface area (Å²) in [7, 11) is 0. The van der Waals surface area contributed by atoms with Gasteiger partial charge >= 0.3 is 0 Å². The maximum Gasteiger partial charge on any atom is 0.225 e. The van der Waals surface area contributed by atoms with Crippen LogP contribution in [0, 0.1) is 5.82 Å². The highest BCUT2D eigenvalue weighted by Gasteiger charge is 2.18. The van der Waals surface area contributed by atoms with Gasteiger partial charge in [-0.05, 0) is 37.6 Å². The van der Waals surface area contributed by atoms with Crippen molar-refractivity contribution >= 4 is 17.3 Å². The molecule has 120 valence electrons. The molecule has 1 atom stereocenters. The summed E-state index contributed by atoms with van der Waals surface area (Å²) in [5.74, 6) is -0.406. The van der Waals surface area contributed by atoms with E-state index in [1.54, 1.807) is 0 Å². The topological polar surface area (TPSA) is 53.6 Å². The molecule has 3 rings (SSSR count). The number of nitrogens with zero attached hydrogens (tertiary/aromatic N) is 1. The van der Waals surface area contributed by atoms with E-state index < -0.39 is 0 Å². The molecule has 2 heterocycles. The van der Waals surface area contributed by atoms with Gasteiger partial charge in [-0.1, -0.05) is 0 Å². The molecule has 6 heteroatoms. The number of halogens is 1. The molecule has 1 aromatic carbocycles. The van der Waals surface area contributed by atoms with Crippen molar-refractivity contribution in [1.29, 1.82) is 0 Å². The Balaban J connectivity index is 1.64. The van der Waals surface area contributed by atoms with Crippen molar-refractivity contribution in [2.75, 3.05) is 43.1 Å². The van der Waals surface area contributed by atoms with E-state index >= 15 is 0 Å². The number of rotatable bonds is 4. The molecule has 0 saturated carbocycles. The number of nitrogens with one attached hydrogen (secondary N) is 2. The molecule has 0 radical (unpaired) electrons. The maximum atomic E-state index is 13.8. The van der Waals surface area contributed by atoms with Crippen LogP contribution in [-0.2, 0) is 9.53 Å². The van der Waals surface area contributed by atoms with Crippen LogP contribution in [0.15, 0.2) is 18.2 Å². The predicted molar refractivity (Wildman–Crippen MR) is 83.7 cm³/mol. The summed E-state index contributed by atoms with van der Waals surface area (Å²) in [6.07, 6.45) is 2.57. The van der Waals surface area contributed by atoms with Crippen LogP contribution >= 0.6 is 0 Å². The molecule has 0 aliphatic carbocycles. The van der Waals surface area contributed by atoms with Gasteiger partial charge in [0, 0.05) is 36.9 Å². The summed E-state index contributed by atoms with van der Waals surface area (Å²) in [6.45, 7) is 3.74. The largest absolute Gasteiger partial charge is 0.378 e. The van der Waals surface area contributed by atoms with E-state index in [9.17, 15) is 9.18 Å². The van der Waals surface area contributed by atoms with Crippen molar-refractivity contribution in [3.05, 3.63) is 24.0 Å². The second-order valence-corrected chi connectivity index (χ2v) is 5.84. The Morgan fingerprint density at radius 3 is 2.91 bits per heavy atom. The number of morpholine rings is 1. The Kier molecular flexibility index (Phi) is 4.90. The lowest BCUT2D eigenvalue weighted by atomic mass is 10.1. The zero-order valence-electron chi connectivity index (χ0n) is 12.6. The van der Waals surface area contributed by atoms with Crippen LogP contribution in [-0.4, -0.2) is 44.8 Å². The van der Waals surface area contributed by atoms with E-state index in [-0.39, 0.29) is 17.8 Å². The number of ether oxygens (including phenoxy) is 1. The number of amides is 1. The molecule has 5 nitrogen and oxygen atoms in total. The van der Waals surface area contributed by atoms with Gasteiger partial charge in [0.05, 0.1) is 13.2 Å². The number of hydrogen-bond acceptors (Lipinski definition) is 4. The first-order chi connectivity index (χ1) is 10.7. The van der Waals surface area contributed by atoms with Gasteiger partial charge < -0.3 is 20.3 Å². The summed E-state index contributed by atoms with van der Waals surface area (Å²) < 4.78 is 19.1. The number of carbonyl (C=O) groups is 1. The van der Waals surface area contributed by atoms with Gasteiger partial charge in [-0.15, -0.1) is 0 Å². The molecule has 0 aromatic heterocycles. The van der Waals surface area contributed by atoms with Crippen LogP contribution in [0.4, 0.5) is 15.8 Å². The minimum absolute atomic E-state index is 0.0714. The van der Waals surface area contributed by atoms with Crippen LogP contribution in [0.5, 0.6) is 0 Å². The molecular formula is C16H22FN3O2. The zero-order chi connectivity index (χ0) is 15.4. The first-order valence-corrected chi connectivity index (χ1v) is 7.87. The fraction of sp³-hybridized carbons (Fsp3) is 0.562. The molecule has 2 N–H and O–H groups in total. The van der Waals surface area contributed by atoms with E-state index in [2.05, 4.69) is 15.5 Å². The van der Waals surface area contributed by atoms with Gasteiger partial charge in [0.25, 0.3) is 0 Å². The van der Waals surface area contributed by atoms with Crippen molar-refractivity contribution in [3.63, 3.8) is 0 Å². The molecular weight excluding hydrogens is 285 g/mol. The van der Waals surface area contributed by atoms with Gasteiger partial charge in [0.1, 0.15) is 5.82 Å².